The predicted octanol–water partition coefficient (Wildman–Crippen LogP) is 5.62. The van der Waals surface area contributed by atoms with Crippen molar-refractivity contribution >= 4 is 5.97 Å². The molecule has 0 bridgehead atoms. The van der Waals surface area contributed by atoms with Crippen LogP contribution in [0.3, 0.4) is 0 Å². The summed E-state index contributed by atoms with van der Waals surface area (Å²) < 4.78 is 0. The molecule has 0 aliphatic heterocycles. The van der Waals surface area contributed by atoms with Crippen molar-refractivity contribution in [2.75, 3.05) is 0 Å². The Morgan fingerprint density at radius 3 is 2.24 bits per heavy atom. The maximum absolute atomic E-state index is 10.2. The van der Waals surface area contributed by atoms with Crippen molar-refractivity contribution in [2.45, 2.75) is 70.8 Å². The largest absolute Gasteiger partial charge is 0.478 e. The lowest BCUT2D eigenvalue weighted by molar-refractivity contribution is -0.507. The molecule has 0 saturated carbocycles. The van der Waals surface area contributed by atoms with Crippen molar-refractivity contribution in [3.05, 3.63) is 48.6 Å². The van der Waals surface area contributed by atoms with Crippen LogP contribution in [0, 0.1) is 0 Å². The Balaban J connectivity index is 3.84. The Bertz CT molecular complexity index is 424. The van der Waals surface area contributed by atoms with Gasteiger partial charge in [0.15, 0.2) is 0 Å². The topological polar surface area (TPSA) is 76.0 Å². The van der Waals surface area contributed by atoms with E-state index < -0.39 is 5.97 Å². The van der Waals surface area contributed by atoms with Gasteiger partial charge in [0, 0.05) is 6.08 Å². The van der Waals surface area contributed by atoms with Crippen molar-refractivity contribution in [3.63, 3.8) is 0 Å². The summed E-state index contributed by atoms with van der Waals surface area (Å²) in [6.45, 7) is 2.21. The second-order valence-corrected chi connectivity index (χ2v) is 5.82. The van der Waals surface area contributed by atoms with Crippen LogP contribution in [-0.4, -0.2) is 22.4 Å². The number of carbonyl (C=O) groups is 1. The minimum Gasteiger partial charge on any atom is -0.478 e. The number of carboxylic acid groups (broad SMARTS) is 1. The van der Waals surface area contributed by atoms with Gasteiger partial charge < -0.3 is 5.11 Å². The van der Waals surface area contributed by atoms with E-state index in [2.05, 4.69) is 12.0 Å². The lowest BCUT2D eigenvalue weighted by Crippen LogP contribution is -2.12. The highest BCUT2D eigenvalue weighted by molar-refractivity contribution is 5.80. The highest BCUT2D eigenvalue weighted by Crippen LogP contribution is 2.14. The third-order valence-electron chi connectivity index (χ3n) is 3.64. The number of hydrogen-bond donors (Lipinski definition) is 2. The van der Waals surface area contributed by atoms with E-state index in [4.69, 9.17) is 15.3 Å². The summed E-state index contributed by atoms with van der Waals surface area (Å²) >= 11 is 0. The van der Waals surface area contributed by atoms with E-state index in [1.165, 1.54) is 38.2 Å². The molecule has 25 heavy (non-hydrogen) atoms. The van der Waals surface area contributed by atoms with Gasteiger partial charge in [-0.05, 0) is 19.3 Å². The average molecular weight is 352 g/mol. The molecular formula is C20H32O5. The molecule has 0 heterocycles. The Labute approximate surface area is 151 Å². The Hall–Kier alpha value is -1.69. The molecule has 0 aromatic carbocycles. The maximum atomic E-state index is 10.2. The minimum absolute atomic E-state index is 0.0918. The van der Waals surface area contributed by atoms with Crippen LogP contribution in [0.5, 0.6) is 0 Å². The number of hydrogen-bond acceptors (Lipinski definition) is 4. The van der Waals surface area contributed by atoms with Crippen molar-refractivity contribution in [1.82, 2.24) is 0 Å². The Morgan fingerprint density at radius 1 is 0.920 bits per heavy atom. The molecule has 0 aromatic heterocycles. The quantitative estimate of drug-likeness (QED) is 0.124. The van der Waals surface area contributed by atoms with Crippen LogP contribution < -0.4 is 0 Å². The number of unbranched alkanes of at least 4 members (excludes halogenated alkanes) is 5. The number of aliphatic carboxylic acids is 1. The fraction of sp³-hybridized carbons (Fsp3) is 0.550. The molecule has 1 atom stereocenters. The van der Waals surface area contributed by atoms with E-state index >= 15 is 0 Å². The molecule has 1 unspecified atom stereocenters. The molecule has 0 rings (SSSR count). The molecule has 0 aliphatic carbocycles. The van der Waals surface area contributed by atoms with E-state index in [1.54, 1.807) is 12.2 Å². The van der Waals surface area contributed by atoms with E-state index in [9.17, 15) is 4.79 Å². The molecular weight excluding hydrogens is 320 g/mol. The van der Waals surface area contributed by atoms with Crippen molar-refractivity contribution in [1.29, 1.82) is 0 Å². The van der Waals surface area contributed by atoms with Crippen molar-refractivity contribution < 1.29 is 25.1 Å². The standard InChI is InChI=1S/C20H32O5/c1-2-3-4-5-10-13-16-19(24-25-23)17-14-11-8-6-7-9-12-15-18-20(21)22/h6-9,11-12,15,18-19,23H,2-5,10,13-14,16-17H2,1H3,(H,21,22). The van der Waals surface area contributed by atoms with Crippen LogP contribution in [0.1, 0.15) is 64.7 Å². The molecule has 5 nitrogen and oxygen atoms in total. The van der Waals surface area contributed by atoms with Crippen molar-refractivity contribution in [2.24, 2.45) is 0 Å². The molecule has 0 aromatic rings. The summed E-state index contributed by atoms with van der Waals surface area (Å²) in [4.78, 5) is 15.1. The maximum Gasteiger partial charge on any atom is 0.328 e. The normalized spacial score (nSPS) is 13.7. The predicted molar refractivity (Wildman–Crippen MR) is 100 cm³/mol. The lowest BCUT2D eigenvalue weighted by Gasteiger charge is -2.13. The summed E-state index contributed by atoms with van der Waals surface area (Å²) in [6.07, 6.45) is 23.4. The highest BCUT2D eigenvalue weighted by Gasteiger charge is 2.09. The molecule has 0 fully saturated rings. The van der Waals surface area contributed by atoms with E-state index in [-0.39, 0.29) is 6.10 Å². The van der Waals surface area contributed by atoms with E-state index in [0.29, 0.717) is 0 Å². The van der Waals surface area contributed by atoms with Crippen LogP contribution in [0.4, 0.5) is 0 Å². The van der Waals surface area contributed by atoms with Crippen LogP contribution in [0.25, 0.3) is 0 Å². The summed E-state index contributed by atoms with van der Waals surface area (Å²) in [7, 11) is 0. The van der Waals surface area contributed by atoms with Crippen LogP contribution in [-0.2, 0) is 14.7 Å². The summed E-state index contributed by atoms with van der Waals surface area (Å²) in [5, 5.41) is 20.8. The van der Waals surface area contributed by atoms with E-state index in [0.717, 1.165) is 31.8 Å². The lowest BCUT2D eigenvalue weighted by atomic mass is 10.0. The van der Waals surface area contributed by atoms with Gasteiger partial charge in [0.1, 0.15) is 0 Å². The Morgan fingerprint density at radius 2 is 1.56 bits per heavy atom. The zero-order chi connectivity index (χ0) is 18.6. The first-order valence-corrected chi connectivity index (χ1v) is 9.07. The molecule has 0 radical (unpaired) electrons. The average Bonchev–Trinajstić information content (AvgIpc) is 2.59. The van der Waals surface area contributed by atoms with Gasteiger partial charge in [0.25, 0.3) is 0 Å². The van der Waals surface area contributed by atoms with Crippen LogP contribution in [0.15, 0.2) is 48.6 Å². The van der Waals surface area contributed by atoms with Crippen LogP contribution in [0.2, 0.25) is 0 Å². The number of carboxylic acids is 1. The molecule has 5 heteroatoms. The first-order chi connectivity index (χ1) is 12.2. The molecule has 0 spiro atoms. The van der Waals surface area contributed by atoms with Gasteiger partial charge in [-0.1, -0.05) is 93.0 Å². The second kappa shape index (κ2) is 18.6. The third-order valence-corrected chi connectivity index (χ3v) is 3.64. The molecule has 0 saturated heterocycles. The smallest absolute Gasteiger partial charge is 0.328 e. The monoisotopic (exact) mass is 352 g/mol. The van der Waals surface area contributed by atoms with Gasteiger partial charge in [-0.25, -0.2) is 14.9 Å². The first-order valence-electron chi connectivity index (χ1n) is 9.07. The molecule has 0 amide bonds. The van der Waals surface area contributed by atoms with Gasteiger partial charge in [-0.3, -0.25) is 0 Å². The molecule has 0 aliphatic rings. The second-order valence-electron chi connectivity index (χ2n) is 5.82. The van der Waals surface area contributed by atoms with Gasteiger partial charge in [0.05, 0.1) is 6.10 Å². The van der Waals surface area contributed by atoms with Gasteiger partial charge >= 0.3 is 5.97 Å². The number of rotatable bonds is 16. The Kier molecular flexibility index (Phi) is 17.4. The third kappa shape index (κ3) is 18.5. The zero-order valence-corrected chi connectivity index (χ0v) is 15.2. The molecule has 2 N–H and O–H groups in total. The van der Waals surface area contributed by atoms with Gasteiger partial charge in [-0.15, -0.1) is 0 Å². The zero-order valence-electron chi connectivity index (χ0n) is 15.2. The van der Waals surface area contributed by atoms with Gasteiger partial charge in [0.2, 0.25) is 0 Å². The number of allylic oxidation sites excluding steroid dienone is 7. The molecule has 142 valence electrons. The summed E-state index contributed by atoms with van der Waals surface area (Å²) in [6, 6.07) is 0. The van der Waals surface area contributed by atoms with E-state index in [1.807, 2.05) is 24.3 Å². The SMILES string of the molecule is CCCCCCCCC(CCC=CC=CC=CC=CC(=O)O)OOO. The minimum atomic E-state index is -0.960. The fourth-order valence-electron chi connectivity index (χ4n) is 2.31. The fourth-order valence-corrected chi connectivity index (χ4v) is 2.31. The first kappa shape index (κ1) is 23.3. The van der Waals surface area contributed by atoms with Crippen LogP contribution >= 0.6 is 0 Å². The van der Waals surface area contributed by atoms with Crippen molar-refractivity contribution in [3.8, 4) is 0 Å². The highest BCUT2D eigenvalue weighted by atomic mass is 17.5. The summed E-state index contributed by atoms with van der Waals surface area (Å²) in [5.41, 5.74) is 0. The van der Waals surface area contributed by atoms with Gasteiger partial charge in [-0.2, -0.15) is 0 Å². The summed E-state index contributed by atoms with van der Waals surface area (Å²) in [5.74, 6) is -0.960.